The van der Waals surface area contributed by atoms with Crippen molar-refractivity contribution in [2.24, 2.45) is 0 Å². The molecule has 0 bridgehead atoms. The monoisotopic (exact) mass is 322 g/mol. The number of nitrogens with zero attached hydrogens (tertiary/aromatic N) is 1. The van der Waals surface area contributed by atoms with Crippen molar-refractivity contribution in [1.82, 2.24) is 10.2 Å². The van der Waals surface area contributed by atoms with E-state index >= 15 is 0 Å². The summed E-state index contributed by atoms with van der Waals surface area (Å²) in [5, 5.41) is 11.6. The number of amides is 3. The van der Waals surface area contributed by atoms with Gasteiger partial charge in [-0.2, -0.15) is 0 Å². The summed E-state index contributed by atoms with van der Waals surface area (Å²) in [5.41, 5.74) is -0.908. The maximum atomic E-state index is 12.6. The lowest BCUT2D eigenvalue weighted by Gasteiger charge is -2.24. The van der Waals surface area contributed by atoms with Crippen LogP contribution < -0.4 is 14.8 Å². The van der Waals surface area contributed by atoms with Gasteiger partial charge in [-0.05, 0) is 31.5 Å². The van der Waals surface area contributed by atoms with E-state index in [1.165, 1.54) is 28.1 Å². The average Bonchev–Trinajstić information content (AvgIpc) is 2.76. The summed E-state index contributed by atoms with van der Waals surface area (Å²) in [7, 11) is 2.94. The maximum Gasteiger partial charge on any atom is 0.326 e. The molecule has 1 aromatic rings. The van der Waals surface area contributed by atoms with Gasteiger partial charge in [-0.3, -0.25) is 4.79 Å². The van der Waals surface area contributed by atoms with Crippen LogP contribution in [0.1, 0.15) is 19.4 Å². The Bertz CT molecular complexity index is 674. The van der Waals surface area contributed by atoms with Gasteiger partial charge in [-0.25, -0.2) is 14.5 Å². The van der Waals surface area contributed by atoms with Crippen LogP contribution >= 0.6 is 0 Å². The van der Waals surface area contributed by atoms with Crippen LogP contribution in [-0.2, 0) is 15.1 Å². The average molecular weight is 322 g/mol. The highest BCUT2D eigenvalue weighted by Gasteiger charge is 2.52. The lowest BCUT2D eigenvalue weighted by Crippen LogP contribution is -2.45. The summed E-state index contributed by atoms with van der Waals surface area (Å²) in [6.45, 7) is 2.79. The Morgan fingerprint density at radius 1 is 1.26 bits per heavy atom. The van der Waals surface area contributed by atoms with Crippen molar-refractivity contribution in [2.45, 2.75) is 25.4 Å². The standard InChI is InChI=1S/C15H18N2O6/c1-8(12(18)19)17-13(20)15(2,16-14(17)21)9-5-6-10(22-3)11(7-9)23-4/h5-8H,1-4H3,(H,16,21)(H,18,19). The number of imide groups is 1. The molecule has 1 aliphatic rings. The number of methoxy groups -OCH3 is 2. The summed E-state index contributed by atoms with van der Waals surface area (Å²) >= 11 is 0. The number of rotatable bonds is 5. The zero-order valence-electron chi connectivity index (χ0n) is 13.2. The number of hydrogen-bond donors (Lipinski definition) is 2. The van der Waals surface area contributed by atoms with Gasteiger partial charge >= 0.3 is 12.0 Å². The first kappa shape index (κ1) is 16.6. The molecule has 1 fully saturated rings. The van der Waals surface area contributed by atoms with Gasteiger partial charge in [-0.15, -0.1) is 0 Å². The molecule has 0 radical (unpaired) electrons. The molecule has 3 amide bonds. The van der Waals surface area contributed by atoms with E-state index in [4.69, 9.17) is 14.6 Å². The van der Waals surface area contributed by atoms with Crippen molar-refractivity contribution in [3.8, 4) is 11.5 Å². The topological polar surface area (TPSA) is 105 Å². The van der Waals surface area contributed by atoms with Crippen LogP contribution in [0.3, 0.4) is 0 Å². The molecule has 0 aromatic heterocycles. The van der Waals surface area contributed by atoms with Gasteiger partial charge in [0.1, 0.15) is 11.6 Å². The van der Waals surface area contributed by atoms with Gasteiger partial charge in [0.2, 0.25) is 0 Å². The Morgan fingerprint density at radius 3 is 2.39 bits per heavy atom. The molecule has 0 aliphatic carbocycles. The van der Waals surface area contributed by atoms with Gasteiger partial charge in [0, 0.05) is 0 Å². The Balaban J connectivity index is 2.45. The minimum Gasteiger partial charge on any atom is -0.493 e. The first-order chi connectivity index (χ1) is 10.8. The van der Waals surface area contributed by atoms with Crippen molar-refractivity contribution >= 4 is 17.9 Å². The number of carbonyl (C=O) groups excluding carboxylic acids is 2. The molecule has 0 spiro atoms. The summed E-state index contributed by atoms with van der Waals surface area (Å²) in [6.07, 6.45) is 0. The van der Waals surface area contributed by atoms with E-state index in [1.807, 2.05) is 0 Å². The summed E-state index contributed by atoms with van der Waals surface area (Å²) in [6, 6.07) is 2.80. The molecule has 1 aromatic carbocycles. The number of carbonyl (C=O) groups is 3. The van der Waals surface area contributed by atoms with Gasteiger partial charge < -0.3 is 19.9 Å². The number of ether oxygens (including phenoxy) is 2. The second-order valence-electron chi connectivity index (χ2n) is 5.31. The van der Waals surface area contributed by atoms with E-state index in [0.29, 0.717) is 22.0 Å². The molecule has 0 saturated carbocycles. The summed E-state index contributed by atoms with van der Waals surface area (Å²) in [4.78, 5) is 36.5. The van der Waals surface area contributed by atoms with Crippen LogP contribution in [0.5, 0.6) is 11.5 Å². The van der Waals surface area contributed by atoms with Crippen LogP contribution in [0.4, 0.5) is 4.79 Å². The third-order valence-electron chi connectivity index (χ3n) is 3.93. The largest absolute Gasteiger partial charge is 0.493 e. The molecule has 124 valence electrons. The Labute approximate surface area is 133 Å². The predicted octanol–water partition coefficient (Wildman–Crippen LogP) is 0.944. The Hall–Kier alpha value is -2.77. The van der Waals surface area contributed by atoms with E-state index in [2.05, 4.69) is 5.32 Å². The lowest BCUT2D eigenvalue weighted by atomic mass is 9.91. The van der Waals surface area contributed by atoms with Crippen molar-refractivity contribution < 1.29 is 29.0 Å². The number of hydrogen-bond acceptors (Lipinski definition) is 5. The van der Waals surface area contributed by atoms with Crippen LogP contribution in [0.2, 0.25) is 0 Å². The molecule has 8 nitrogen and oxygen atoms in total. The van der Waals surface area contributed by atoms with E-state index in [1.54, 1.807) is 18.2 Å². The van der Waals surface area contributed by atoms with E-state index < -0.39 is 29.5 Å². The molecule has 2 N–H and O–H groups in total. The van der Waals surface area contributed by atoms with Crippen LogP contribution in [0.25, 0.3) is 0 Å². The van der Waals surface area contributed by atoms with Crippen LogP contribution in [0.15, 0.2) is 18.2 Å². The van der Waals surface area contributed by atoms with Crippen molar-refractivity contribution in [1.29, 1.82) is 0 Å². The normalized spacial score (nSPS) is 21.8. The zero-order chi connectivity index (χ0) is 17.4. The molecule has 1 saturated heterocycles. The molecular weight excluding hydrogens is 304 g/mol. The quantitative estimate of drug-likeness (QED) is 0.782. The highest BCUT2D eigenvalue weighted by atomic mass is 16.5. The van der Waals surface area contributed by atoms with Crippen molar-refractivity contribution in [3.63, 3.8) is 0 Å². The molecule has 2 unspecified atom stereocenters. The second kappa shape index (κ2) is 5.79. The highest BCUT2D eigenvalue weighted by molar-refractivity contribution is 6.09. The maximum absolute atomic E-state index is 12.6. The van der Waals surface area contributed by atoms with Crippen LogP contribution in [0, 0.1) is 0 Å². The molecular formula is C15H18N2O6. The van der Waals surface area contributed by atoms with E-state index in [-0.39, 0.29) is 0 Å². The number of aliphatic carboxylic acids is 1. The Morgan fingerprint density at radius 2 is 1.87 bits per heavy atom. The number of benzene rings is 1. The second-order valence-corrected chi connectivity index (χ2v) is 5.31. The third kappa shape index (κ3) is 2.56. The molecule has 23 heavy (non-hydrogen) atoms. The molecule has 1 aliphatic heterocycles. The zero-order valence-corrected chi connectivity index (χ0v) is 13.2. The molecule has 2 rings (SSSR count). The fraction of sp³-hybridized carbons (Fsp3) is 0.400. The lowest BCUT2D eigenvalue weighted by molar-refractivity contribution is -0.147. The minimum atomic E-state index is -1.37. The molecule has 8 heteroatoms. The SMILES string of the molecule is COc1ccc(C2(C)NC(=O)N(C(C)C(=O)O)C2=O)cc1OC. The van der Waals surface area contributed by atoms with Crippen molar-refractivity contribution in [2.75, 3.05) is 14.2 Å². The first-order valence-electron chi connectivity index (χ1n) is 6.87. The fourth-order valence-electron chi connectivity index (χ4n) is 2.47. The number of nitrogens with one attached hydrogen (secondary N) is 1. The minimum absolute atomic E-state index is 0.401. The smallest absolute Gasteiger partial charge is 0.326 e. The number of urea groups is 1. The number of carboxylic acid groups (broad SMARTS) is 1. The van der Waals surface area contributed by atoms with Crippen molar-refractivity contribution in [3.05, 3.63) is 23.8 Å². The van der Waals surface area contributed by atoms with Gasteiger partial charge in [-0.1, -0.05) is 6.07 Å². The van der Waals surface area contributed by atoms with Crippen LogP contribution in [-0.4, -0.2) is 48.2 Å². The first-order valence-corrected chi connectivity index (χ1v) is 6.87. The highest BCUT2D eigenvalue weighted by Crippen LogP contribution is 2.35. The number of carboxylic acids is 1. The fourth-order valence-corrected chi connectivity index (χ4v) is 2.47. The van der Waals surface area contributed by atoms with Gasteiger partial charge in [0.05, 0.1) is 14.2 Å². The summed E-state index contributed by atoms with van der Waals surface area (Å²) in [5.74, 6) is -1.01. The Kier molecular flexibility index (Phi) is 4.18. The van der Waals surface area contributed by atoms with Gasteiger partial charge in [0.25, 0.3) is 5.91 Å². The summed E-state index contributed by atoms with van der Waals surface area (Å²) < 4.78 is 10.3. The van der Waals surface area contributed by atoms with E-state index in [0.717, 1.165) is 0 Å². The third-order valence-corrected chi connectivity index (χ3v) is 3.93. The molecule has 1 heterocycles. The predicted molar refractivity (Wildman–Crippen MR) is 79.4 cm³/mol. The van der Waals surface area contributed by atoms with Gasteiger partial charge in [0.15, 0.2) is 11.5 Å². The van der Waals surface area contributed by atoms with E-state index in [9.17, 15) is 14.4 Å². The molecule has 2 atom stereocenters.